The molecule has 0 fully saturated rings. The third kappa shape index (κ3) is 2.25. The summed E-state index contributed by atoms with van der Waals surface area (Å²) in [5.74, 6) is -0.527. The molecule has 5 rings (SSSR count). The number of Topliss-reactive ketones (excluding diaryl/α,β-unsaturated/α-hetero) is 1. The number of fused-ring (bicyclic) bond motifs is 3. The minimum Gasteiger partial charge on any atom is -0.445 e. The molecule has 0 amide bonds. The number of rotatable bonds is 1. The van der Waals surface area contributed by atoms with Gasteiger partial charge < -0.3 is 10.5 Å². The minimum absolute atomic E-state index is 0.0223. The summed E-state index contributed by atoms with van der Waals surface area (Å²) in [7, 11) is 0. The Labute approximate surface area is 165 Å². The fourth-order valence-corrected chi connectivity index (χ4v) is 4.44. The molecule has 2 aromatic rings. The van der Waals surface area contributed by atoms with Crippen LogP contribution in [0.2, 0.25) is 10.0 Å². The van der Waals surface area contributed by atoms with Crippen LogP contribution >= 0.6 is 23.2 Å². The number of nitrogens with two attached hydrogens (primary N) is 1. The predicted molar refractivity (Wildman–Crippen MR) is 101 cm³/mol. The van der Waals surface area contributed by atoms with Gasteiger partial charge in [-0.3, -0.25) is 14.2 Å². The molecule has 0 saturated heterocycles. The number of allylic oxidation sites excluding steroid dienone is 3. The van der Waals surface area contributed by atoms with Crippen molar-refractivity contribution in [3.63, 3.8) is 0 Å². The largest absolute Gasteiger partial charge is 0.445 e. The zero-order valence-electron chi connectivity index (χ0n) is 14.1. The number of halogens is 2. The number of carbonyl (C=O) groups excluding carboxylic acids is 2. The van der Waals surface area contributed by atoms with Crippen molar-refractivity contribution in [1.29, 1.82) is 0 Å². The van der Waals surface area contributed by atoms with Crippen LogP contribution in [0.3, 0.4) is 0 Å². The lowest BCUT2D eigenvalue weighted by Gasteiger charge is -2.09. The van der Waals surface area contributed by atoms with E-state index in [-0.39, 0.29) is 23.1 Å². The molecule has 1 aromatic carbocycles. The van der Waals surface area contributed by atoms with E-state index in [2.05, 4.69) is 0 Å². The molecule has 2 aliphatic heterocycles. The second kappa shape index (κ2) is 5.75. The average Bonchev–Trinajstić information content (AvgIpc) is 3.31. The highest BCUT2D eigenvalue weighted by atomic mass is 35.5. The average molecular weight is 401 g/mol. The number of hydrogen-bond donors (Lipinski definition) is 1. The second-order valence-electron chi connectivity index (χ2n) is 6.85. The van der Waals surface area contributed by atoms with Crippen molar-refractivity contribution < 1.29 is 14.3 Å². The van der Waals surface area contributed by atoms with Gasteiger partial charge in [-0.1, -0.05) is 29.3 Å². The highest BCUT2D eigenvalue weighted by Crippen LogP contribution is 2.45. The Balaban J connectivity index is 1.69. The van der Waals surface area contributed by atoms with Gasteiger partial charge in [0, 0.05) is 23.3 Å². The van der Waals surface area contributed by atoms with Crippen molar-refractivity contribution in [3.8, 4) is 11.3 Å². The lowest BCUT2D eigenvalue weighted by atomic mass is 9.90. The Morgan fingerprint density at radius 1 is 1.07 bits per heavy atom. The highest BCUT2D eigenvalue weighted by molar-refractivity contribution is 6.42. The van der Waals surface area contributed by atoms with Crippen LogP contribution in [0.5, 0.6) is 0 Å². The number of aromatic nitrogens is 1. The molecule has 1 unspecified atom stereocenters. The van der Waals surface area contributed by atoms with Crippen LogP contribution in [0, 0.1) is 0 Å². The Bertz CT molecular complexity index is 1110. The molecule has 1 aromatic heterocycles. The Morgan fingerprint density at radius 3 is 2.67 bits per heavy atom. The first-order valence-corrected chi connectivity index (χ1v) is 9.38. The van der Waals surface area contributed by atoms with Crippen LogP contribution < -0.4 is 5.73 Å². The van der Waals surface area contributed by atoms with Gasteiger partial charge in [-0.05, 0) is 37.1 Å². The van der Waals surface area contributed by atoms with E-state index in [1.807, 2.05) is 6.07 Å². The van der Waals surface area contributed by atoms with Crippen LogP contribution in [-0.2, 0) is 9.53 Å². The lowest BCUT2D eigenvalue weighted by molar-refractivity contribution is -0.116. The van der Waals surface area contributed by atoms with E-state index in [1.54, 1.807) is 24.3 Å². The topological polar surface area (TPSA) is 74.3 Å². The Kier molecular flexibility index (Phi) is 3.55. The smallest absolute Gasteiger partial charge is 0.265 e. The van der Waals surface area contributed by atoms with Crippen molar-refractivity contribution in [2.24, 2.45) is 5.73 Å². The normalized spacial score (nSPS) is 21.2. The number of hydrogen-bond acceptors (Lipinski definition) is 4. The van der Waals surface area contributed by atoms with Gasteiger partial charge in [0.15, 0.2) is 11.7 Å². The van der Waals surface area contributed by atoms with Crippen LogP contribution in [0.1, 0.15) is 35.7 Å². The van der Waals surface area contributed by atoms with Gasteiger partial charge in [-0.15, -0.1) is 0 Å². The molecule has 0 bridgehead atoms. The van der Waals surface area contributed by atoms with Gasteiger partial charge in [0.05, 0.1) is 27.2 Å². The fraction of sp³-hybridized carbons (Fsp3) is 0.200. The molecule has 27 heavy (non-hydrogen) atoms. The molecule has 2 N–H and O–H groups in total. The van der Waals surface area contributed by atoms with Gasteiger partial charge in [0.25, 0.3) is 5.91 Å². The third-order valence-corrected chi connectivity index (χ3v) is 6.11. The lowest BCUT2D eigenvalue weighted by Crippen LogP contribution is -2.17. The molecule has 7 heteroatoms. The SMILES string of the molecule is NC1=C2C(=O)n3c(-c4ccc(Cl)c(Cl)c4)ccc3C2C(=O)C2=C(CCC2)O1. The summed E-state index contributed by atoms with van der Waals surface area (Å²) in [4.78, 5) is 26.4. The standard InChI is InChI=1S/C20H14Cl2N2O3/c21-11-5-4-9(8-12(11)22)13-6-7-14-16-17(20(26)24(13)14)19(23)27-15-3-1-2-10(15)18(16)25/h4-8,16H,1-3,23H2. The van der Waals surface area contributed by atoms with Gasteiger partial charge in [-0.25, -0.2) is 0 Å². The van der Waals surface area contributed by atoms with E-state index in [0.29, 0.717) is 45.6 Å². The monoisotopic (exact) mass is 400 g/mol. The van der Waals surface area contributed by atoms with Gasteiger partial charge >= 0.3 is 0 Å². The molecular weight excluding hydrogens is 387 g/mol. The van der Waals surface area contributed by atoms with Crippen molar-refractivity contribution in [2.75, 3.05) is 0 Å². The molecule has 5 nitrogen and oxygen atoms in total. The molecule has 0 saturated carbocycles. The van der Waals surface area contributed by atoms with Crippen molar-refractivity contribution in [1.82, 2.24) is 4.57 Å². The zero-order chi connectivity index (χ0) is 18.9. The van der Waals surface area contributed by atoms with E-state index in [0.717, 1.165) is 12.0 Å². The van der Waals surface area contributed by atoms with Crippen molar-refractivity contribution in [2.45, 2.75) is 25.2 Å². The van der Waals surface area contributed by atoms with E-state index < -0.39 is 5.92 Å². The Hall–Kier alpha value is -2.50. The highest BCUT2D eigenvalue weighted by Gasteiger charge is 2.47. The van der Waals surface area contributed by atoms with Crippen LogP contribution in [0.4, 0.5) is 0 Å². The van der Waals surface area contributed by atoms with Crippen LogP contribution in [0.15, 0.2) is 53.1 Å². The zero-order valence-corrected chi connectivity index (χ0v) is 15.6. The third-order valence-electron chi connectivity index (χ3n) is 5.37. The predicted octanol–water partition coefficient (Wildman–Crippen LogP) is 4.41. The second-order valence-corrected chi connectivity index (χ2v) is 7.66. The number of ketones is 1. The van der Waals surface area contributed by atoms with E-state index in [9.17, 15) is 9.59 Å². The summed E-state index contributed by atoms with van der Waals surface area (Å²) >= 11 is 12.1. The summed E-state index contributed by atoms with van der Waals surface area (Å²) in [6.45, 7) is 0. The summed E-state index contributed by atoms with van der Waals surface area (Å²) < 4.78 is 7.24. The first-order valence-electron chi connectivity index (χ1n) is 8.63. The molecule has 136 valence electrons. The first kappa shape index (κ1) is 16.7. The summed E-state index contributed by atoms with van der Waals surface area (Å²) in [5, 5.41) is 0.824. The summed E-state index contributed by atoms with van der Waals surface area (Å²) in [6.07, 6.45) is 2.18. The van der Waals surface area contributed by atoms with Crippen molar-refractivity contribution >= 4 is 34.9 Å². The van der Waals surface area contributed by atoms with Gasteiger partial charge in [0.2, 0.25) is 0 Å². The molecule has 0 radical (unpaired) electrons. The van der Waals surface area contributed by atoms with Crippen molar-refractivity contribution in [3.05, 3.63) is 68.9 Å². The molecule has 1 aliphatic carbocycles. The fourth-order valence-electron chi connectivity index (χ4n) is 4.14. The summed E-state index contributed by atoms with van der Waals surface area (Å²) in [6, 6.07) is 8.75. The maximum absolute atomic E-state index is 13.2. The molecule has 0 spiro atoms. The quantitative estimate of drug-likeness (QED) is 0.769. The Morgan fingerprint density at radius 2 is 1.89 bits per heavy atom. The first-order chi connectivity index (χ1) is 13.0. The molecule has 1 atom stereocenters. The van der Waals surface area contributed by atoms with Gasteiger partial charge in [-0.2, -0.15) is 0 Å². The van der Waals surface area contributed by atoms with Crippen LogP contribution in [-0.4, -0.2) is 16.3 Å². The number of benzene rings is 1. The molecule has 3 heterocycles. The minimum atomic E-state index is -0.723. The number of nitrogens with zero attached hydrogens (tertiary/aromatic N) is 1. The molecular formula is C20H14Cl2N2O3. The number of ether oxygens (including phenoxy) is 1. The maximum atomic E-state index is 13.2. The molecule has 3 aliphatic rings. The number of carbonyl (C=O) groups is 2. The van der Waals surface area contributed by atoms with E-state index >= 15 is 0 Å². The van der Waals surface area contributed by atoms with E-state index in [1.165, 1.54) is 4.57 Å². The van der Waals surface area contributed by atoms with Crippen LogP contribution in [0.25, 0.3) is 11.3 Å². The maximum Gasteiger partial charge on any atom is 0.265 e. The van der Waals surface area contributed by atoms with Gasteiger partial charge in [0.1, 0.15) is 5.76 Å². The van der Waals surface area contributed by atoms with E-state index in [4.69, 9.17) is 33.7 Å². The summed E-state index contributed by atoms with van der Waals surface area (Å²) in [5.41, 5.74) is 8.93.